The van der Waals surface area contributed by atoms with Gasteiger partial charge in [0, 0.05) is 6.54 Å². The van der Waals surface area contributed by atoms with Crippen LogP contribution in [0.3, 0.4) is 0 Å². The van der Waals surface area contributed by atoms with Crippen molar-refractivity contribution in [1.29, 1.82) is 0 Å². The van der Waals surface area contributed by atoms with Gasteiger partial charge in [-0.05, 0) is 17.6 Å². The van der Waals surface area contributed by atoms with Crippen LogP contribution in [-0.4, -0.2) is 22.4 Å². The van der Waals surface area contributed by atoms with E-state index >= 15 is 0 Å². The van der Waals surface area contributed by atoms with Crippen molar-refractivity contribution in [3.8, 4) is 0 Å². The highest BCUT2D eigenvalue weighted by Gasteiger charge is 2.05. The van der Waals surface area contributed by atoms with Crippen LogP contribution >= 0.6 is 24.0 Å². The molecule has 2 nitrogen and oxygen atoms in total. The van der Waals surface area contributed by atoms with Crippen LogP contribution in [0.25, 0.3) is 0 Å². The molecule has 0 aromatic rings. The first-order valence-electron chi connectivity index (χ1n) is 2.61. The van der Waals surface area contributed by atoms with Gasteiger partial charge >= 0.3 is 0 Å². The number of thioether (sulfide) groups is 1. The van der Waals surface area contributed by atoms with Gasteiger partial charge in [0.15, 0.2) is 5.11 Å². The number of nitrogens with two attached hydrogens (primary N) is 1. The Bertz CT molecular complexity index is 144. The minimum absolute atomic E-state index is 0.492. The molecular weight excluding hydrogens is 152 g/mol. The molecule has 1 rings (SSSR count). The molecule has 0 bridgehead atoms. The summed E-state index contributed by atoms with van der Waals surface area (Å²) in [4.78, 5) is 1.94. The lowest BCUT2D eigenvalue weighted by Crippen LogP contribution is -2.36. The summed E-state index contributed by atoms with van der Waals surface area (Å²) in [5, 5.41) is 2.56. The van der Waals surface area contributed by atoms with Gasteiger partial charge < -0.3 is 10.6 Å². The second kappa shape index (κ2) is 3.08. The number of rotatable bonds is 0. The van der Waals surface area contributed by atoms with E-state index in [1.54, 1.807) is 11.8 Å². The molecule has 0 aromatic heterocycles. The van der Waals surface area contributed by atoms with E-state index in [1.807, 2.05) is 11.0 Å². The first kappa shape index (κ1) is 6.89. The number of hydrogen-bond donors (Lipinski definition) is 1. The molecule has 0 spiro atoms. The Kier molecular flexibility index (Phi) is 2.36. The summed E-state index contributed by atoms with van der Waals surface area (Å²) in [6.07, 6.45) is 2.05. The maximum absolute atomic E-state index is 5.38. The minimum Gasteiger partial charge on any atom is -0.376 e. The third kappa shape index (κ3) is 1.87. The molecule has 1 heterocycles. The fourth-order valence-corrected chi connectivity index (χ4v) is 1.53. The fraction of sp³-hybridized carbons (Fsp3) is 0.400. The minimum atomic E-state index is 0.492. The van der Waals surface area contributed by atoms with Crippen molar-refractivity contribution in [3.05, 3.63) is 11.5 Å². The molecule has 0 aromatic carbocycles. The van der Waals surface area contributed by atoms with E-state index in [0.29, 0.717) is 5.11 Å². The zero-order chi connectivity index (χ0) is 6.69. The quantitative estimate of drug-likeness (QED) is 0.529. The average molecular weight is 160 g/mol. The molecule has 0 atom stereocenters. The maximum atomic E-state index is 5.38. The monoisotopic (exact) mass is 160 g/mol. The van der Waals surface area contributed by atoms with Crippen LogP contribution in [0.5, 0.6) is 0 Å². The van der Waals surface area contributed by atoms with Gasteiger partial charge in [0.25, 0.3) is 0 Å². The second-order valence-corrected chi connectivity index (χ2v) is 3.01. The van der Waals surface area contributed by atoms with Crippen LogP contribution in [0.1, 0.15) is 0 Å². The zero-order valence-electron chi connectivity index (χ0n) is 4.91. The van der Waals surface area contributed by atoms with Crippen LogP contribution in [-0.2, 0) is 0 Å². The van der Waals surface area contributed by atoms with Gasteiger partial charge in [-0.15, -0.1) is 11.8 Å². The van der Waals surface area contributed by atoms with Crippen molar-refractivity contribution in [3.63, 3.8) is 0 Å². The maximum Gasteiger partial charge on any atom is 0.167 e. The molecular formula is C5H8N2S2. The second-order valence-electron chi connectivity index (χ2n) is 1.73. The lowest BCUT2D eigenvalue weighted by atomic mass is 10.6. The van der Waals surface area contributed by atoms with E-state index in [2.05, 4.69) is 5.41 Å². The summed E-state index contributed by atoms with van der Waals surface area (Å²) in [7, 11) is 0. The highest BCUT2D eigenvalue weighted by Crippen LogP contribution is 2.10. The summed E-state index contributed by atoms with van der Waals surface area (Å²) in [5.41, 5.74) is 5.38. The Morgan fingerprint density at radius 1 is 1.78 bits per heavy atom. The van der Waals surface area contributed by atoms with Crippen LogP contribution in [0.2, 0.25) is 0 Å². The summed E-state index contributed by atoms with van der Waals surface area (Å²) >= 11 is 6.48. The number of thiocarbonyl (C=S) groups is 1. The third-order valence-electron chi connectivity index (χ3n) is 1.06. The average Bonchev–Trinajstić information content (AvgIpc) is 1.90. The Morgan fingerprint density at radius 2 is 2.56 bits per heavy atom. The van der Waals surface area contributed by atoms with Gasteiger partial charge in [0.05, 0.1) is 5.88 Å². The molecule has 0 saturated heterocycles. The summed E-state index contributed by atoms with van der Waals surface area (Å²) in [6.45, 7) is 0.863. The number of nitrogens with zero attached hydrogens (tertiary/aromatic N) is 1. The van der Waals surface area contributed by atoms with Crippen molar-refractivity contribution < 1.29 is 0 Å². The molecule has 0 saturated carbocycles. The standard InChI is InChI=1S/C5H8N2S2/c6-5(8)7-2-1-3-9-4-7/h1,3H,2,4H2,(H2,6,8). The first-order chi connectivity index (χ1) is 4.30. The molecule has 0 amide bonds. The summed E-state index contributed by atoms with van der Waals surface area (Å²) in [5.74, 6) is 0.895. The molecule has 2 N–H and O–H groups in total. The van der Waals surface area contributed by atoms with Crippen molar-refractivity contribution in [2.24, 2.45) is 5.73 Å². The van der Waals surface area contributed by atoms with E-state index < -0.39 is 0 Å². The third-order valence-corrected chi connectivity index (χ3v) is 2.16. The molecule has 0 aliphatic carbocycles. The van der Waals surface area contributed by atoms with Crippen LogP contribution in [0.4, 0.5) is 0 Å². The molecule has 1 aliphatic rings. The Labute approximate surface area is 64.1 Å². The molecule has 1 aliphatic heterocycles. The SMILES string of the molecule is NC(=S)N1CC=CSC1. The van der Waals surface area contributed by atoms with E-state index in [9.17, 15) is 0 Å². The fourth-order valence-electron chi connectivity index (χ4n) is 0.578. The molecule has 0 fully saturated rings. The van der Waals surface area contributed by atoms with Crippen molar-refractivity contribution in [1.82, 2.24) is 4.90 Å². The lowest BCUT2D eigenvalue weighted by molar-refractivity contribution is 0.545. The molecule has 4 heteroatoms. The van der Waals surface area contributed by atoms with Gasteiger partial charge in [-0.25, -0.2) is 0 Å². The highest BCUT2D eigenvalue weighted by atomic mass is 32.2. The lowest BCUT2D eigenvalue weighted by Gasteiger charge is -2.22. The van der Waals surface area contributed by atoms with Gasteiger partial charge in [-0.2, -0.15) is 0 Å². The van der Waals surface area contributed by atoms with Gasteiger partial charge in [0.2, 0.25) is 0 Å². The van der Waals surface area contributed by atoms with E-state index in [-0.39, 0.29) is 0 Å². The molecule has 9 heavy (non-hydrogen) atoms. The summed E-state index contributed by atoms with van der Waals surface area (Å²) in [6, 6.07) is 0. The Balaban J connectivity index is 2.44. The Hall–Kier alpha value is -0.220. The predicted octanol–water partition coefficient (Wildman–Crippen LogP) is 0.750. The largest absolute Gasteiger partial charge is 0.376 e. The number of hydrogen-bond acceptors (Lipinski definition) is 2. The van der Waals surface area contributed by atoms with Gasteiger partial charge in [0.1, 0.15) is 0 Å². The molecule has 50 valence electrons. The van der Waals surface area contributed by atoms with Gasteiger partial charge in [-0.3, -0.25) is 0 Å². The van der Waals surface area contributed by atoms with Gasteiger partial charge in [-0.1, -0.05) is 6.08 Å². The topological polar surface area (TPSA) is 29.3 Å². The first-order valence-corrected chi connectivity index (χ1v) is 4.07. The summed E-state index contributed by atoms with van der Waals surface area (Å²) < 4.78 is 0. The van der Waals surface area contributed by atoms with Crippen molar-refractivity contribution >= 4 is 29.1 Å². The van der Waals surface area contributed by atoms with E-state index in [1.165, 1.54) is 0 Å². The van der Waals surface area contributed by atoms with Crippen LogP contribution in [0, 0.1) is 0 Å². The molecule has 0 radical (unpaired) electrons. The van der Waals surface area contributed by atoms with E-state index in [4.69, 9.17) is 18.0 Å². The van der Waals surface area contributed by atoms with Crippen molar-refractivity contribution in [2.45, 2.75) is 0 Å². The zero-order valence-corrected chi connectivity index (χ0v) is 6.54. The highest BCUT2D eigenvalue weighted by molar-refractivity contribution is 8.02. The predicted molar refractivity (Wildman–Crippen MR) is 45.1 cm³/mol. The smallest absolute Gasteiger partial charge is 0.167 e. The van der Waals surface area contributed by atoms with Crippen molar-refractivity contribution in [2.75, 3.05) is 12.4 Å². The van der Waals surface area contributed by atoms with Crippen LogP contribution in [0.15, 0.2) is 11.5 Å². The van der Waals surface area contributed by atoms with Crippen LogP contribution < -0.4 is 5.73 Å². The molecule has 0 unspecified atom stereocenters. The van der Waals surface area contributed by atoms with E-state index in [0.717, 1.165) is 12.4 Å². The Morgan fingerprint density at radius 3 is 2.89 bits per heavy atom. The normalized spacial score (nSPS) is 18.0.